The lowest BCUT2D eigenvalue weighted by Crippen LogP contribution is -2.55. The number of carboxylic acids is 1. The number of hydrogen-bond acceptors (Lipinski definition) is 6. The zero-order chi connectivity index (χ0) is 23.7. The summed E-state index contributed by atoms with van der Waals surface area (Å²) in [5, 5.41) is 20.5. The second kappa shape index (κ2) is 9.22. The van der Waals surface area contributed by atoms with E-state index in [1.54, 1.807) is 19.9 Å². The molecule has 1 aliphatic heterocycles. The zero-order valence-corrected chi connectivity index (χ0v) is 19.3. The Labute approximate surface area is 189 Å². The monoisotopic (exact) mass is 446 g/mol. The average Bonchev–Trinajstić information content (AvgIpc) is 3.09. The number of hydrogen-bond donors (Lipinski definition) is 2. The lowest BCUT2D eigenvalue weighted by atomic mass is 9.46. The van der Waals surface area contributed by atoms with Gasteiger partial charge in [-0.15, -0.1) is 0 Å². The molecule has 0 spiro atoms. The van der Waals surface area contributed by atoms with E-state index in [9.17, 15) is 24.6 Å². The van der Waals surface area contributed by atoms with E-state index in [2.05, 4.69) is 13.8 Å². The van der Waals surface area contributed by atoms with Crippen molar-refractivity contribution >= 4 is 17.9 Å². The van der Waals surface area contributed by atoms with Crippen LogP contribution in [0.2, 0.25) is 0 Å². The predicted octanol–water partition coefficient (Wildman–Crippen LogP) is 3.92. The van der Waals surface area contributed by atoms with Crippen LogP contribution in [-0.2, 0) is 23.9 Å². The minimum Gasteiger partial charge on any atom is -0.481 e. The molecule has 7 nitrogen and oxygen atoms in total. The fraction of sp³-hybridized carbons (Fsp3) is 0.640. The molecule has 176 valence electrons. The Morgan fingerprint density at radius 2 is 2.06 bits per heavy atom. The standard InChI is InChI=1S/C25H34O7/c1-5-15(2)21(27)31-14-18-7-6-8-19-24(4,11-10-17-13-20(26)32-22(17)28)16(3)9-12-25(18,19)23(29)30/h5,7,13,16,19,22,28H,6,8-12,14H2,1-4H3,(H,29,30)/b15-5-/t16-,19+,22-,24-,25-/m1/s1. The largest absolute Gasteiger partial charge is 0.481 e. The molecule has 3 rings (SSSR count). The van der Waals surface area contributed by atoms with E-state index in [4.69, 9.17) is 9.47 Å². The van der Waals surface area contributed by atoms with E-state index in [1.165, 1.54) is 6.08 Å². The first-order valence-corrected chi connectivity index (χ1v) is 11.4. The maximum atomic E-state index is 12.8. The van der Waals surface area contributed by atoms with Crippen molar-refractivity contribution in [3.05, 3.63) is 34.9 Å². The van der Waals surface area contributed by atoms with Gasteiger partial charge in [-0.2, -0.15) is 0 Å². The zero-order valence-electron chi connectivity index (χ0n) is 19.3. The highest BCUT2D eigenvalue weighted by molar-refractivity contribution is 5.88. The molecule has 0 aromatic rings. The summed E-state index contributed by atoms with van der Waals surface area (Å²) in [6, 6.07) is 0. The third-order valence-corrected chi connectivity index (χ3v) is 8.20. The molecule has 1 heterocycles. The maximum absolute atomic E-state index is 12.8. The average molecular weight is 447 g/mol. The van der Waals surface area contributed by atoms with Crippen molar-refractivity contribution in [3.8, 4) is 0 Å². The van der Waals surface area contributed by atoms with E-state index in [-0.39, 0.29) is 23.9 Å². The van der Waals surface area contributed by atoms with Crippen LogP contribution in [0.25, 0.3) is 0 Å². The highest BCUT2D eigenvalue weighted by Crippen LogP contribution is 2.62. The van der Waals surface area contributed by atoms with E-state index in [0.29, 0.717) is 36.0 Å². The number of cyclic esters (lactones) is 1. The molecule has 5 atom stereocenters. The molecule has 7 heteroatoms. The first-order valence-electron chi connectivity index (χ1n) is 11.4. The fourth-order valence-electron chi connectivity index (χ4n) is 5.85. The molecule has 0 unspecified atom stereocenters. The second-order valence-corrected chi connectivity index (χ2v) is 9.64. The number of aliphatic carboxylic acids is 1. The first kappa shape index (κ1) is 24.2. The number of allylic oxidation sites excluding steroid dienone is 2. The van der Waals surface area contributed by atoms with Crippen molar-refractivity contribution in [1.82, 2.24) is 0 Å². The molecular formula is C25H34O7. The van der Waals surface area contributed by atoms with E-state index in [1.807, 2.05) is 6.08 Å². The smallest absolute Gasteiger partial charge is 0.333 e. The van der Waals surface area contributed by atoms with Gasteiger partial charge in [-0.3, -0.25) is 4.79 Å². The van der Waals surface area contributed by atoms with Gasteiger partial charge in [-0.1, -0.05) is 26.0 Å². The number of rotatable bonds is 7. The van der Waals surface area contributed by atoms with Crippen LogP contribution in [-0.4, -0.2) is 41.0 Å². The number of ether oxygens (including phenoxy) is 2. The number of aliphatic hydroxyl groups excluding tert-OH is 1. The maximum Gasteiger partial charge on any atom is 0.333 e. The SMILES string of the molecule is C/C=C(/C)C(=O)OCC1=CCC[C@@H]2[C@@]1(C(=O)O)CC[C@@H](C)[C@@]2(C)CCC1=CC(=O)O[C@H]1O. The van der Waals surface area contributed by atoms with Crippen LogP contribution in [0.4, 0.5) is 0 Å². The van der Waals surface area contributed by atoms with Crippen LogP contribution in [0.5, 0.6) is 0 Å². The van der Waals surface area contributed by atoms with Gasteiger partial charge in [0.15, 0.2) is 0 Å². The lowest BCUT2D eigenvalue weighted by Gasteiger charge is -2.57. The van der Waals surface area contributed by atoms with Crippen molar-refractivity contribution in [2.75, 3.05) is 6.61 Å². The van der Waals surface area contributed by atoms with Gasteiger partial charge in [0.2, 0.25) is 6.29 Å². The quantitative estimate of drug-likeness (QED) is 0.346. The number of esters is 2. The molecule has 0 aromatic heterocycles. The molecule has 1 saturated carbocycles. The molecule has 0 bridgehead atoms. The summed E-state index contributed by atoms with van der Waals surface area (Å²) in [5.74, 6) is -1.73. The summed E-state index contributed by atoms with van der Waals surface area (Å²) in [5.41, 5.74) is 0.293. The molecule has 0 amide bonds. The summed E-state index contributed by atoms with van der Waals surface area (Å²) in [6.07, 6.45) is 7.53. The van der Waals surface area contributed by atoms with Crippen molar-refractivity contribution in [3.63, 3.8) is 0 Å². The molecule has 3 aliphatic rings. The van der Waals surface area contributed by atoms with Crippen LogP contribution in [0.1, 0.15) is 66.2 Å². The van der Waals surface area contributed by atoms with Crippen LogP contribution in [0, 0.1) is 22.7 Å². The van der Waals surface area contributed by atoms with Gasteiger partial charge in [-0.25, -0.2) is 9.59 Å². The van der Waals surface area contributed by atoms with Gasteiger partial charge >= 0.3 is 17.9 Å². The highest BCUT2D eigenvalue weighted by atomic mass is 16.6. The number of aliphatic hydroxyl groups is 1. The van der Waals surface area contributed by atoms with E-state index >= 15 is 0 Å². The lowest BCUT2D eigenvalue weighted by molar-refractivity contribution is -0.164. The van der Waals surface area contributed by atoms with Crippen molar-refractivity contribution in [2.24, 2.45) is 22.7 Å². The van der Waals surface area contributed by atoms with Crippen LogP contribution >= 0.6 is 0 Å². The Kier molecular flexibility index (Phi) is 6.98. The van der Waals surface area contributed by atoms with Gasteiger partial charge in [-0.05, 0) is 75.2 Å². The highest BCUT2D eigenvalue weighted by Gasteiger charge is 2.60. The van der Waals surface area contributed by atoms with Crippen LogP contribution in [0.3, 0.4) is 0 Å². The molecule has 32 heavy (non-hydrogen) atoms. The number of carbonyl (C=O) groups excluding carboxylic acids is 2. The van der Waals surface area contributed by atoms with Crippen molar-refractivity contribution in [1.29, 1.82) is 0 Å². The number of fused-ring (bicyclic) bond motifs is 1. The van der Waals surface area contributed by atoms with Crippen molar-refractivity contribution in [2.45, 2.75) is 72.5 Å². The number of carbonyl (C=O) groups is 3. The Bertz CT molecular complexity index is 883. The fourth-order valence-corrected chi connectivity index (χ4v) is 5.85. The summed E-state index contributed by atoms with van der Waals surface area (Å²) in [7, 11) is 0. The first-order chi connectivity index (χ1) is 15.1. The second-order valence-electron chi connectivity index (χ2n) is 9.64. The van der Waals surface area contributed by atoms with E-state index < -0.39 is 29.6 Å². The Morgan fingerprint density at radius 3 is 2.66 bits per heavy atom. The minimum atomic E-state index is -1.22. The normalized spacial score (nSPS) is 34.8. The van der Waals surface area contributed by atoms with Crippen LogP contribution < -0.4 is 0 Å². The molecule has 0 aromatic carbocycles. The molecule has 2 N–H and O–H groups in total. The van der Waals surface area contributed by atoms with Gasteiger partial charge < -0.3 is 19.7 Å². The van der Waals surface area contributed by atoms with Crippen molar-refractivity contribution < 1.29 is 34.1 Å². The third-order valence-electron chi connectivity index (χ3n) is 8.20. The Balaban J connectivity index is 1.88. The molecule has 0 radical (unpaired) electrons. The van der Waals surface area contributed by atoms with Crippen LogP contribution in [0.15, 0.2) is 34.9 Å². The Morgan fingerprint density at radius 1 is 1.34 bits per heavy atom. The number of carboxylic acid groups (broad SMARTS) is 1. The molecule has 1 fully saturated rings. The summed E-state index contributed by atoms with van der Waals surface area (Å²) < 4.78 is 10.3. The van der Waals surface area contributed by atoms with Gasteiger partial charge in [0.1, 0.15) is 6.61 Å². The summed E-state index contributed by atoms with van der Waals surface area (Å²) in [6.45, 7) is 7.69. The third kappa shape index (κ3) is 4.15. The summed E-state index contributed by atoms with van der Waals surface area (Å²) in [4.78, 5) is 36.5. The molecular weight excluding hydrogens is 412 g/mol. The van der Waals surface area contributed by atoms with Gasteiger partial charge in [0.05, 0.1) is 5.41 Å². The minimum absolute atomic E-state index is 0.0243. The predicted molar refractivity (Wildman–Crippen MR) is 117 cm³/mol. The molecule has 2 aliphatic carbocycles. The topological polar surface area (TPSA) is 110 Å². The summed E-state index contributed by atoms with van der Waals surface area (Å²) >= 11 is 0. The molecule has 0 saturated heterocycles. The Hall–Kier alpha value is -2.41. The van der Waals surface area contributed by atoms with Gasteiger partial charge in [0, 0.05) is 17.2 Å². The van der Waals surface area contributed by atoms with Gasteiger partial charge in [0.25, 0.3) is 0 Å². The van der Waals surface area contributed by atoms with E-state index in [0.717, 1.165) is 19.3 Å².